The molecule has 45 heavy (non-hydrogen) atoms. The van der Waals surface area contributed by atoms with Crippen LogP contribution in [0.1, 0.15) is 54.3 Å². The minimum Gasteiger partial charge on any atom is -0.491 e. The number of piperazine rings is 1. The molecule has 0 radical (unpaired) electrons. The average molecular weight is 623 g/mol. The number of ether oxygens (including phenoxy) is 4. The number of piperidine rings is 1. The number of fused-ring (bicyclic) bond motifs is 1. The van der Waals surface area contributed by atoms with Crippen LogP contribution in [-0.2, 0) is 19.1 Å². The quantitative estimate of drug-likeness (QED) is 0.310. The lowest BCUT2D eigenvalue weighted by Crippen LogP contribution is -2.54. The van der Waals surface area contributed by atoms with Gasteiger partial charge >= 0.3 is 6.09 Å². The van der Waals surface area contributed by atoms with Crippen LogP contribution in [0, 0.1) is 0 Å². The first-order chi connectivity index (χ1) is 21.5. The normalized spacial score (nSPS) is 18.6. The van der Waals surface area contributed by atoms with Gasteiger partial charge in [0.05, 0.1) is 24.3 Å². The predicted molar refractivity (Wildman–Crippen MR) is 161 cm³/mol. The molecule has 5 rings (SSSR count). The van der Waals surface area contributed by atoms with E-state index in [1.165, 1.54) is 6.07 Å². The van der Waals surface area contributed by atoms with Crippen molar-refractivity contribution in [2.45, 2.75) is 45.3 Å². The van der Waals surface area contributed by atoms with Gasteiger partial charge in [-0.3, -0.25) is 29.4 Å². The molecule has 1 atom stereocenters. The van der Waals surface area contributed by atoms with Crippen molar-refractivity contribution in [2.24, 2.45) is 0 Å². The molecule has 2 aromatic rings. The fraction of sp³-hybridized carbons (Fsp3) is 0.469. The van der Waals surface area contributed by atoms with Gasteiger partial charge in [-0.05, 0) is 63.6 Å². The first-order valence-corrected chi connectivity index (χ1v) is 15.0. The van der Waals surface area contributed by atoms with Crippen LogP contribution in [0.4, 0.5) is 10.5 Å². The first kappa shape index (κ1) is 31.8. The molecule has 3 aliphatic rings. The van der Waals surface area contributed by atoms with E-state index in [-0.39, 0.29) is 49.0 Å². The minimum atomic E-state index is -1.04. The Kier molecular flexibility index (Phi) is 9.57. The van der Waals surface area contributed by atoms with Crippen molar-refractivity contribution in [2.75, 3.05) is 57.5 Å². The van der Waals surface area contributed by atoms with Crippen LogP contribution in [0.2, 0.25) is 0 Å². The third-order valence-corrected chi connectivity index (χ3v) is 7.54. The van der Waals surface area contributed by atoms with Gasteiger partial charge in [0.1, 0.15) is 36.4 Å². The molecule has 13 nitrogen and oxygen atoms in total. The standard InChI is InChI=1S/C32H38N4O9/c1-32(2,3)45-31(41)35-15-13-34(14-16-35)21-7-9-22(10-8-21)43-19-17-42-18-20-44-25-6-4-5-23-27(25)30(40)36(29(23)39)24-11-12-26(37)33-28(24)38/h4-10,24H,11-20H2,1-3H3,(H,33,37,38). The van der Waals surface area contributed by atoms with Gasteiger partial charge in [-0.2, -0.15) is 0 Å². The molecule has 240 valence electrons. The Morgan fingerprint density at radius 2 is 1.56 bits per heavy atom. The molecule has 13 heteroatoms. The summed E-state index contributed by atoms with van der Waals surface area (Å²) in [7, 11) is 0. The lowest BCUT2D eigenvalue weighted by atomic mass is 10.0. The molecule has 1 N–H and O–H groups in total. The molecule has 0 aromatic heterocycles. The smallest absolute Gasteiger partial charge is 0.410 e. The summed E-state index contributed by atoms with van der Waals surface area (Å²) >= 11 is 0. The lowest BCUT2D eigenvalue weighted by molar-refractivity contribution is -0.136. The van der Waals surface area contributed by atoms with E-state index in [9.17, 15) is 24.0 Å². The summed E-state index contributed by atoms with van der Waals surface area (Å²) in [6.07, 6.45) is -0.148. The predicted octanol–water partition coefficient (Wildman–Crippen LogP) is 2.62. The molecule has 0 bridgehead atoms. The molecule has 0 saturated carbocycles. The van der Waals surface area contributed by atoms with Crippen LogP contribution in [0.25, 0.3) is 0 Å². The lowest BCUT2D eigenvalue weighted by Gasteiger charge is -2.36. The molecule has 3 heterocycles. The van der Waals surface area contributed by atoms with Crippen LogP contribution < -0.4 is 19.7 Å². The number of nitrogens with one attached hydrogen (secondary N) is 1. The molecule has 2 saturated heterocycles. The summed E-state index contributed by atoms with van der Waals surface area (Å²) in [5.74, 6) is -1.36. The van der Waals surface area contributed by atoms with Gasteiger partial charge in [0, 0.05) is 38.3 Å². The van der Waals surface area contributed by atoms with Crippen molar-refractivity contribution in [1.29, 1.82) is 0 Å². The maximum atomic E-state index is 13.1. The number of rotatable bonds is 10. The van der Waals surface area contributed by atoms with Crippen molar-refractivity contribution >= 4 is 35.4 Å². The highest BCUT2D eigenvalue weighted by Crippen LogP contribution is 2.33. The third-order valence-electron chi connectivity index (χ3n) is 7.54. The number of hydrogen-bond donors (Lipinski definition) is 1. The highest BCUT2D eigenvalue weighted by molar-refractivity contribution is 6.24. The molecule has 5 amide bonds. The van der Waals surface area contributed by atoms with E-state index in [0.717, 1.165) is 10.6 Å². The number of carbonyl (C=O) groups is 5. The first-order valence-electron chi connectivity index (χ1n) is 15.0. The number of nitrogens with zero attached hydrogens (tertiary/aromatic N) is 3. The Hall–Kier alpha value is -4.65. The summed E-state index contributed by atoms with van der Waals surface area (Å²) in [6, 6.07) is 11.4. The van der Waals surface area contributed by atoms with Crippen molar-refractivity contribution < 1.29 is 42.9 Å². The highest BCUT2D eigenvalue weighted by Gasteiger charge is 2.46. The summed E-state index contributed by atoms with van der Waals surface area (Å²) in [6.45, 7) is 9.18. The van der Waals surface area contributed by atoms with E-state index in [0.29, 0.717) is 45.1 Å². The Morgan fingerprint density at radius 3 is 2.22 bits per heavy atom. The molecule has 0 aliphatic carbocycles. The Labute approximate surface area is 261 Å². The van der Waals surface area contributed by atoms with E-state index in [4.69, 9.17) is 18.9 Å². The Balaban J connectivity index is 1.01. The van der Waals surface area contributed by atoms with Crippen molar-refractivity contribution in [3.63, 3.8) is 0 Å². The fourth-order valence-corrected chi connectivity index (χ4v) is 5.36. The second-order valence-electron chi connectivity index (χ2n) is 11.9. The Bertz CT molecular complexity index is 1450. The number of benzene rings is 2. The summed E-state index contributed by atoms with van der Waals surface area (Å²) in [5, 5.41) is 2.19. The minimum absolute atomic E-state index is 0.0514. The zero-order valence-electron chi connectivity index (χ0n) is 25.7. The van der Waals surface area contributed by atoms with Crippen LogP contribution in [-0.4, -0.2) is 104 Å². The number of amides is 5. The highest BCUT2D eigenvalue weighted by atomic mass is 16.6. The van der Waals surface area contributed by atoms with Gasteiger partial charge in [-0.1, -0.05) is 6.07 Å². The van der Waals surface area contributed by atoms with Crippen molar-refractivity contribution in [3.8, 4) is 11.5 Å². The molecule has 2 aromatic carbocycles. The average Bonchev–Trinajstić information content (AvgIpc) is 3.26. The summed E-state index contributed by atoms with van der Waals surface area (Å²) in [5.41, 5.74) is 0.794. The van der Waals surface area contributed by atoms with E-state index in [1.807, 2.05) is 45.0 Å². The molecule has 1 unspecified atom stereocenters. The number of hydrogen-bond acceptors (Lipinski definition) is 10. The molecular weight excluding hydrogens is 584 g/mol. The van der Waals surface area contributed by atoms with Gasteiger partial charge in [0.2, 0.25) is 11.8 Å². The van der Waals surface area contributed by atoms with Gasteiger partial charge in [-0.25, -0.2) is 4.79 Å². The van der Waals surface area contributed by atoms with Crippen molar-refractivity contribution in [1.82, 2.24) is 15.1 Å². The zero-order chi connectivity index (χ0) is 32.1. The molecular formula is C32H38N4O9. The molecule has 0 spiro atoms. The summed E-state index contributed by atoms with van der Waals surface area (Å²) in [4.78, 5) is 67.0. The largest absolute Gasteiger partial charge is 0.491 e. The van der Waals surface area contributed by atoms with Gasteiger partial charge in [-0.15, -0.1) is 0 Å². The number of anilines is 1. The maximum absolute atomic E-state index is 13.1. The van der Waals surface area contributed by atoms with Crippen LogP contribution in [0.5, 0.6) is 11.5 Å². The second kappa shape index (κ2) is 13.6. The number of carbonyl (C=O) groups excluding carboxylic acids is 5. The molecule has 2 fully saturated rings. The second-order valence-corrected chi connectivity index (χ2v) is 11.9. The van der Waals surface area contributed by atoms with Crippen LogP contribution in [0.3, 0.4) is 0 Å². The van der Waals surface area contributed by atoms with E-state index < -0.39 is 35.3 Å². The van der Waals surface area contributed by atoms with E-state index in [2.05, 4.69) is 10.2 Å². The third kappa shape index (κ3) is 7.54. The zero-order valence-corrected chi connectivity index (χ0v) is 25.7. The van der Waals surface area contributed by atoms with Crippen LogP contribution >= 0.6 is 0 Å². The van der Waals surface area contributed by atoms with Crippen molar-refractivity contribution in [3.05, 3.63) is 53.6 Å². The van der Waals surface area contributed by atoms with Gasteiger partial charge in [0.25, 0.3) is 11.8 Å². The van der Waals surface area contributed by atoms with E-state index >= 15 is 0 Å². The van der Waals surface area contributed by atoms with E-state index in [1.54, 1.807) is 17.0 Å². The number of imide groups is 2. The van der Waals surface area contributed by atoms with Crippen LogP contribution in [0.15, 0.2) is 42.5 Å². The SMILES string of the molecule is CC(C)(C)OC(=O)N1CCN(c2ccc(OCCOCCOc3cccc4c3C(=O)N(C3CCC(=O)NC3=O)C4=O)cc2)CC1. The van der Waals surface area contributed by atoms with Gasteiger partial charge in [0.15, 0.2) is 0 Å². The Morgan fingerprint density at radius 1 is 0.867 bits per heavy atom. The molecule has 3 aliphatic heterocycles. The maximum Gasteiger partial charge on any atom is 0.410 e. The topological polar surface area (TPSA) is 144 Å². The van der Waals surface area contributed by atoms with Gasteiger partial charge < -0.3 is 28.7 Å². The summed E-state index contributed by atoms with van der Waals surface area (Å²) < 4.78 is 22.6. The fourth-order valence-electron chi connectivity index (χ4n) is 5.36. The monoisotopic (exact) mass is 622 g/mol.